The van der Waals surface area contributed by atoms with Crippen LogP contribution in [0.4, 0.5) is 30.5 Å². The Balaban J connectivity index is 1.86. The minimum absolute atomic E-state index is 0.0146. The highest BCUT2D eigenvalue weighted by atomic mass is 35.5. The summed E-state index contributed by atoms with van der Waals surface area (Å²) in [5.41, 5.74) is 5.36. The maximum absolute atomic E-state index is 12.7. The molecule has 2 heterocycles. The van der Waals surface area contributed by atoms with Crippen LogP contribution < -0.4 is 11.1 Å². The van der Waals surface area contributed by atoms with E-state index in [0.717, 1.165) is 11.0 Å². The van der Waals surface area contributed by atoms with E-state index in [0.29, 0.717) is 11.2 Å². The summed E-state index contributed by atoms with van der Waals surface area (Å²) in [5, 5.41) is 3.04. The van der Waals surface area contributed by atoms with E-state index in [1.807, 2.05) is 30.3 Å². The molecule has 0 fully saturated rings. The third-order valence-electron chi connectivity index (χ3n) is 3.21. The smallest absolute Gasteiger partial charge is 0.394 e. The molecule has 0 aliphatic heterocycles. The molecular formula is C16H11ClF3N5S. The Morgan fingerprint density at radius 1 is 1.04 bits per heavy atom. The highest BCUT2D eigenvalue weighted by Gasteiger charge is 2.31. The average molecular weight is 398 g/mol. The fourth-order valence-corrected chi connectivity index (χ4v) is 2.99. The lowest BCUT2D eigenvalue weighted by Gasteiger charge is -2.12. The molecular weight excluding hydrogens is 387 g/mol. The van der Waals surface area contributed by atoms with Crippen molar-refractivity contribution in [2.24, 2.45) is 0 Å². The SMILES string of the molecule is Nc1c(Nc2ncc(C(F)(F)F)cc2Cl)ncnc1Sc1ccccc1. The Morgan fingerprint density at radius 3 is 2.42 bits per heavy atom. The first-order valence-corrected chi connectivity index (χ1v) is 8.37. The van der Waals surface area contributed by atoms with E-state index in [2.05, 4.69) is 20.3 Å². The summed E-state index contributed by atoms with van der Waals surface area (Å²) in [7, 11) is 0. The molecule has 0 atom stereocenters. The van der Waals surface area contributed by atoms with Crippen molar-refractivity contribution in [3.05, 3.63) is 59.5 Å². The Kier molecular flexibility index (Phi) is 5.19. The first-order chi connectivity index (χ1) is 12.3. The van der Waals surface area contributed by atoms with Crippen molar-refractivity contribution in [2.45, 2.75) is 16.1 Å². The van der Waals surface area contributed by atoms with Crippen LogP contribution in [0.15, 0.2) is 58.8 Å². The van der Waals surface area contributed by atoms with Crippen molar-refractivity contribution in [1.29, 1.82) is 0 Å². The van der Waals surface area contributed by atoms with Gasteiger partial charge in [0.2, 0.25) is 0 Å². The van der Waals surface area contributed by atoms with Crippen LogP contribution in [0, 0.1) is 0 Å². The highest BCUT2D eigenvalue weighted by Crippen LogP contribution is 2.36. The first kappa shape index (κ1) is 18.3. The number of hydrogen-bond donors (Lipinski definition) is 2. The first-order valence-electron chi connectivity index (χ1n) is 7.17. The average Bonchev–Trinajstić information content (AvgIpc) is 2.60. The number of hydrogen-bond acceptors (Lipinski definition) is 6. The Bertz CT molecular complexity index is 922. The number of alkyl halides is 3. The number of nitrogens with two attached hydrogens (primary N) is 1. The summed E-state index contributed by atoms with van der Waals surface area (Å²) in [4.78, 5) is 12.8. The number of halogens is 4. The molecule has 0 amide bonds. The zero-order valence-electron chi connectivity index (χ0n) is 13.0. The van der Waals surface area contributed by atoms with Gasteiger partial charge in [0.05, 0.1) is 10.6 Å². The van der Waals surface area contributed by atoms with Gasteiger partial charge in [0.15, 0.2) is 5.82 Å². The number of benzene rings is 1. The van der Waals surface area contributed by atoms with Gasteiger partial charge < -0.3 is 11.1 Å². The van der Waals surface area contributed by atoms with Gasteiger partial charge in [0.1, 0.15) is 22.9 Å². The topological polar surface area (TPSA) is 76.7 Å². The van der Waals surface area contributed by atoms with Crippen molar-refractivity contribution in [3.63, 3.8) is 0 Å². The van der Waals surface area contributed by atoms with Gasteiger partial charge in [0.25, 0.3) is 0 Å². The van der Waals surface area contributed by atoms with Gasteiger partial charge in [-0.2, -0.15) is 13.2 Å². The molecule has 1 aromatic carbocycles. The van der Waals surface area contributed by atoms with E-state index in [9.17, 15) is 13.2 Å². The quantitative estimate of drug-likeness (QED) is 0.602. The van der Waals surface area contributed by atoms with Crippen LogP contribution in [0.5, 0.6) is 0 Å². The Labute approximate surface area is 155 Å². The summed E-state index contributed by atoms with van der Waals surface area (Å²) in [6.07, 6.45) is -2.55. The minimum atomic E-state index is -4.53. The number of aromatic nitrogens is 3. The number of nitrogens with one attached hydrogen (secondary N) is 1. The van der Waals surface area contributed by atoms with Crippen LogP contribution in [0.3, 0.4) is 0 Å². The molecule has 26 heavy (non-hydrogen) atoms. The summed E-state index contributed by atoms with van der Waals surface area (Å²) < 4.78 is 38.1. The van der Waals surface area contributed by atoms with Crippen molar-refractivity contribution in [2.75, 3.05) is 11.1 Å². The van der Waals surface area contributed by atoms with Gasteiger partial charge in [-0.05, 0) is 18.2 Å². The van der Waals surface area contributed by atoms with Gasteiger partial charge >= 0.3 is 6.18 Å². The summed E-state index contributed by atoms with van der Waals surface area (Å²) in [6, 6.07) is 10.2. The van der Waals surface area contributed by atoms with Crippen LogP contribution in [0.1, 0.15) is 5.56 Å². The second kappa shape index (κ2) is 7.38. The van der Waals surface area contributed by atoms with Crippen LogP contribution in [0.2, 0.25) is 5.02 Å². The number of pyridine rings is 1. The van der Waals surface area contributed by atoms with Crippen molar-refractivity contribution >= 4 is 40.7 Å². The second-order valence-electron chi connectivity index (χ2n) is 5.03. The predicted octanol–water partition coefficient (Wildman–Crippen LogP) is 5.02. The van der Waals surface area contributed by atoms with Gasteiger partial charge in [-0.15, -0.1) is 0 Å². The van der Waals surface area contributed by atoms with Crippen molar-refractivity contribution in [3.8, 4) is 0 Å². The second-order valence-corrected chi connectivity index (χ2v) is 6.50. The lowest BCUT2D eigenvalue weighted by Crippen LogP contribution is -2.08. The van der Waals surface area contributed by atoms with Crippen LogP contribution >= 0.6 is 23.4 Å². The molecule has 3 N–H and O–H groups in total. The summed E-state index contributed by atoms with van der Waals surface area (Å²) >= 11 is 7.22. The molecule has 134 valence electrons. The van der Waals surface area contributed by atoms with E-state index in [1.54, 1.807) is 0 Å². The van der Waals surface area contributed by atoms with E-state index in [4.69, 9.17) is 17.3 Å². The van der Waals surface area contributed by atoms with E-state index in [-0.39, 0.29) is 22.3 Å². The predicted molar refractivity (Wildman–Crippen MR) is 94.5 cm³/mol. The normalized spacial score (nSPS) is 11.4. The molecule has 0 unspecified atom stereocenters. The van der Waals surface area contributed by atoms with E-state index >= 15 is 0 Å². The Hall–Kier alpha value is -2.52. The molecule has 0 aliphatic carbocycles. The number of anilines is 3. The minimum Gasteiger partial charge on any atom is -0.394 e. The number of nitrogens with zero attached hydrogens (tertiary/aromatic N) is 3. The van der Waals surface area contributed by atoms with Gasteiger partial charge in [0, 0.05) is 11.1 Å². The van der Waals surface area contributed by atoms with Gasteiger partial charge in [-0.1, -0.05) is 41.6 Å². The molecule has 0 aliphatic rings. The largest absolute Gasteiger partial charge is 0.417 e. The zero-order valence-corrected chi connectivity index (χ0v) is 14.5. The van der Waals surface area contributed by atoms with Gasteiger partial charge in [-0.25, -0.2) is 15.0 Å². The molecule has 0 radical (unpaired) electrons. The maximum Gasteiger partial charge on any atom is 0.417 e. The highest BCUT2D eigenvalue weighted by molar-refractivity contribution is 7.99. The van der Waals surface area contributed by atoms with Gasteiger partial charge in [-0.3, -0.25) is 0 Å². The van der Waals surface area contributed by atoms with Crippen LogP contribution in [-0.2, 0) is 6.18 Å². The molecule has 3 rings (SSSR count). The number of rotatable bonds is 4. The molecule has 0 bridgehead atoms. The molecule has 10 heteroatoms. The van der Waals surface area contributed by atoms with Crippen LogP contribution in [-0.4, -0.2) is 15.0 Å². The van der Waals surface area contributed by atoms with E-state index < -0.39 is 11.7 Å². The van der Waals surface area contributed by atoms with Crippen molar-refractivity contribution < 1.29 is 13.2 Å². The number of nitrogen functional groups attached to an aromatic ring is 1. The molecule has 5 nitrogen and oxygen atoms in total. The fourth-order valence-electron chi connectivity index (χ4n) is 1.96. The molecule has 0 saturated heterocycles. The third kappa shape index (κ3) is 4.17. The monoisotopic (exact) mass is 397 g/mol. The molecule has 2 aromatic heterocycles. The lowest BCUT2D eigenvalue weighted by molar-refractivity contribution is -0.137. The standard InChI is InChI=1S/C16H11ClF3N5S/c17-11-6-9(16(18,19)20)7-22-13(11)25-14-12(21)15(24-8-23-14)26-10-4-2-1-3-5-10/h1-8H,21H2,(H,22,23,24,25). The molecule has 0 spiro atoms. The maximum atomic E-state index is 12.7. The lowest BCUT2D eigenvalue weighted by atomic mass is 10.3. The fraction of sp³-hybridized carbons (Fsp3) is 0.0625. The third-order valence-corrected chi connectivity index (χ3v) is 4.53. The van der Waals surface area contributed by atoms with E-state index in [1.165, 1.54) is 18.1 Å². The zero-order chi connectivity index (χ0) is 18.7. The van der Waals surface area contributed by atoms with Crippen molar-refractivity contribution in [1.82, 2.24) is 15.0 Å². The summed E-state index contributed by atoms with van der Waals surface area (Å²) in [5.74, 6) is 0.216. The summed E-state index contributed by atoms with van der Waals surface area (Å²) in [6.45, 7) is 0. The molecule has 0 saturated carbocycles. The molecule has 3 aromatic rings. The van der Waals surface area contributed by atoms with Crippen LogP contribution in [0.25, 0.3) is 0 Å². The Morgan fingerprint density at radius 2 is 1.77 bits per heavy atom.